The van der Waals surface area contributed by atoms with Gasteiger partial charge in [0.1, 0.15) is 17.0 Å². The van der Waals surface area contributed by atoms with E-state index in [-0.39, 0.29) is 6.54 Å². The van der Waals surface area contributed by atoms with Gasteiger partial charge in [-0.1, -0.05) is 0 Å². The van der Waals surface area contributed by atoms with Crippen LogP contribution in [0.2, 0.25) is 0 Å². The van der Waals surface area contributed by atoms with Crippen LogP contribution >= 0.6 is 0 Å². The number of hydrogen-bond acceptors (Lipinski definition) is 5. The molecule has 0 atom stereocenters. The standard InChI is InChI=1S/C15H20N6O2S/c1-24(22,23)19-9-13-20-12-8-18-15-11(4-7-17-15)14(12)21(13)10-2-5-16-6-3-10/h4,7-8,10,16,19H,2-3,5-6,9H2,1H3,(H,17,18). The molecule has 3 N–H and O–H groups in total. The summed E-state index contributed by atoms with van der Waals surface area (Å²) >= 11 is 0. The molecule has 0 radical (unpaired) electrons. The highest BCUT2D eigenvalue weighted by Gasteiger charge is 2.23. The third-order valence-corrected chi connectivity index (χ3v) is 5.14. The molecule has 0 saturated carbocycles. The number of hydrogen-bond donors (Lipinski definition) is 3. The summed E-state index contributed by atoms with van der Waals surface area (Å²) in [4.78, 5) is 12.2. The second kappa shape index (κ2) is 5.83. The summed E-state index contributed by atoms with van der Waals surface area (Å²) in [5, 5.41) is 4.39. The van der Waals surface area contributed by atoms with E-state index in [0.717, 1.165) is 60.1 Å². The molecule has 3 aromatic rings. The largest absolute Gasteiger partial charge is 0.346 e. The predicted octanol–water partition coefficient (Wildman–Crippen LogP) is 0.886. The van der Waals surface area contributed by atoms with Gasteiger partial charge in [0.25, 0.3) is 0 Å². The monoisotopic (exact) mass is 348 g/mol. The van der Waals surface area contributed by atoms with Gasteiger partial charge in [-0.25, -0.2) is 23.1 Å². The Morgan fingerprint density at radius 3 is 2.92 bits per heavy atom. The van der Waals surface area contributed by atoms with Crippen molar-refractivity contribution < 1.29 is 8.42 Å². The van der Waals surface area contributed by atoms with E-state index in [1.807, 2.05) is 12.3 Å². The number of rotatable bonds is 4. The molecular weight excluding hydrogens is 328 g/mol. The molecule has 24 heavy (non-hydrogen) atoms. The van der Waals surface area contributed by atoms with Crippen molar-refractivity contribution in [2.45, 2.75) is 25.4 Å². The molecule has 4 heterocycles. The fraction of sp³-hybridized carbons (Fsp3) is 0.467. The van der Waals surface area contributed by atoms with Crippen molar-refractivity contribution in [3.05, 3.63) is 24.3 Å². The van der Waals surface area contributed by atoms with E-state index in [2.05, 4.69) is 29.6 Å². The first-order chi connectivity index (χ1) is 11.5. The predicted molar refractivity (Wildman–Crippen MR) is 92.2 cm³/mol. The molecule has 1 aliphatic rings. The van der Waals surface area contributed by atoms with Gasteiger partial charge in [-0.15, -0.1) is 0 Å². The van der Waals surface area contributed by atoms with E-state index in [9.17, 15) is 8.42 Å². The van der Waals surface area contributed by atoms with Crippen LogP contribution < -0.4 is 10.0 Å². The third-order valence-electron chi connectivity index (χ3n) is 4.47. The SMILES string of the molecule is CS(=O)(=O)NCc1nc2cnc3[nH]ccc3c2n1C1CCNCC1. The Kier molecular flexibility index (Phi) is 3.78. The molecule has 8 nitrogen and oxygen atoms in total. The molecule has 4 rings (SSSR count). The second-order valence-corrected chi connectivity index (χ2v) is 8.04. The Hall–Kier alpha value is -1.97. The molecule has 1 aliphatic heterocycles. The summed E-state index contributed by atoms with van der Waals surface area (Å²) in [5.74, 6) is 0.734. The number of sulfonamides is 1. The zero-order valence-corrected chi connectivity index (χ0v) is 14.2. The number of nitrogens with zero attached hydrogens (tertiary/aromatic N) is 3. The minimum Gasteiger partial charge on any atom is -0.346 e. The van der Waals surface area contributed by atoms with E-state index >= 15 is 0 Å². The van der Waals surface area contributed by atoms with Crippen LogP contribution in [0.4, 0.5) is 0 Å². The zero-order chi connectivity index (χ0) is 16.7. The first-order valence-electron chi connectivity index (χ1n) is 8.01. The minimum absolute atomic E-state index is 0.184. The number of fused-ring (bicyclic) bond motifs is 3. The molecule has 9 heteroatoms. The molecule has 0 aromatic carbocycles. The van der Waals surface area contributed by atoms with Crippen molar-refractivity contribution in [3.8, 4) is 0 Å². The van der Waals surface area contributed by atoms with Gasteiger partial charge in [-0.05, 0) is 32.0 Å². The lowest BCUT2D eigenvalue weighted by Crippen LogP contribution is -2.31. The Morgan fingerprint density at radius 2 is 2.17 bits per heavy atom. The number of aromatic nitrogens is 4. The zero-order valence-electron chi connectivity index (χ0n) is 13.4. The smallest absolute Gasteiger partial charge is 0.209 e. The fourth-order valence-electron chi connectivity index (χ4n) is 3.42. The van der Waals surface area contributed by atoms with Crippen molar-refractivity contribution in [2.75, 3.05) is 19.3 Å². The second-order valence-electron chi connectivity index (χ2n) is 6.20. The van der Waals surface area contributed by atoms with Crippen LogP contribution in [-0.2, 0) is 16.6 Å². The van der Waals surface area contributed by atoms with Crippen molar-refractivity contribution in [1.82, 2.24) is 29.6 Å². The molecule has 1 saturated heterocycles. The van der Waals surface area contributed by atoms with Crippen LogP contribution in [0, 0.1) is 0 Å². The summed E-state index contributed by atoms with van der Waals surface area (Å²) in [6, 6.07) is 2.30. The number of pyridine rings is 1. The Balaban J connectivity index is 1.89. The van der Waals surface area contributed by atoms with Crippen LogP contribution in [0.25, 0.3) is 22.1 Å². The van der Waals surface area contributed by atoms with Crippen LogP contribution in [0.15, 0.2) is 18.5 Å². The normalized spacial score (nSPS) is 17.0. The van der Waals surface area contributed by atoms with Crippen LogP contribution in [0.5, 0.6) is 0 Å². The average molecular weight is 348 g/mol. The Bertz CT molecular complexity index is 984. The van der Waals surface area contributed by atoms with Crippen LogP contribution in [0.1, 0.15) is 24.7 Å². The van der Waals surface area contributed by atoms with Gasteiger partial charge < -0.3 is 14.9 Å². The maximum absolute atomic E-state index is 11.5. The number of nitrogens with one attached hydrogen (secondary N) is 3. The van der Waals surface area contributed by atoms with E-state index in [0.29, 0.717) is 6.04 Å². The molecule has 0 spiro atoms. The van der Waals surface area contributed by atoms with Gasteiger partial charge in [0, 0.05) is 17.6 Å². The molecule has 0 aliphatic carbocycles. The number of H-pyrrole nitrogens is 1. The number of imidazole rings is 1. The molecule has 3 aromatic heterocycles. The van der Waals surface area contributed by atoms with Gasteiger partial charge in [0.05, 0.1) is 24.5 Å². The highest BCUT2D eigenvalue weighted by Crippen LogP contribution is 2.30. The summed E-state index contributed by atoms with van der Waals surface area (Å²) in [7, 11) is -3.28. The molecule has 0 bridgehead atoms. The van der Waals surface area contributed by atoms with Crippen molar-refractivity contribution >= 4 is 32.1 Å². The summed E-state index contributed by atoms with van der Waals surface area (Å²) < 4.78 is 27.8. The summed E-state index contributed by atoms with van der Waals surface area (Å²) in [5.41, 5.74) is 2.64. The maximum Gasteiger partial charge on any atom is 0.209 e. The first-order valence-corrected chi connectivity index (χ1v) is 9.90. The number of aromatic amines is 1. The van der Waals surface area contributed by atoms with E-state index < -0.39 is 10.0 Å². The lowest BCUT2D eigenvalue weighted by molar-refractivity contribution is 0.366. The number of piperidine rings is 1. The first kappa shape index (κ1) is 15.6. The molecular formula is C15H20N6O2S. The van der Waals surface area contributed by atoms with Gasteiger partial charge >= 0.3 is 0 Å². The average Bonchev–Trinajstić information content (AvgIpc) is 3.16. The van der Waals surface area contributed by atoms with Crippen molar-refractivity contribution in [2.24, 2.45) is 0 Å². The van der Waals surface area contributed by atoms with Crippen LogP contribution in [-0.4, -0.2) is 47.3 Å². The third kappa shape index (κ3) is 2.79. The lowest BCUT2D eigenvalue weighted by atomic mass is 10.1. The molecule has 0 unspecified atom stereocenters. The minimum atomic E-state index is -3.28. The summed E-state index contributed by atoms with van der Waals surface area (Å²) in [6.45, 7) is 2.08. The Labute approximate surface area is 139 Å². The van der Waals surface area contributed by atoms with Crippen LogP contribution in [0.3, 0.4) is 0 Å². The maximum atomic E-state index is 11.5. The van der Waals surface area contributed by atoms with E-state index in [1.165, 1.54) is 0 Å². The van der Waals surface area contributed by atoms with E-state index in [4.69, 9.17) is 0 Å². The van der Waals surface area contributed by atoms with Gasteiger partial charge in [0.15, 0.2) is 0 Å². The fourth-order valence-corrected chi connectivity index (χ4v) is 3.81. The molecule has 1 fully saturated rings. The van der Waals surface area contributed by atoms with Crippen molar-refractivity contribution in [1.29, 1.82) is 0 Å². The quantitative estimate of drug-likeness (QED) is 0.649. The van der Waals surface area contributed by atoms with Crippen molar-refractivity contribution in [3.63, 3.8) is 0 Å². The molecule has 128 valence electrons. The summed E-state index contributed by atoms with van der Waals surface area (Å²) in [6.07, 6.45) is 6.76. The topological polar surface area (TPSA) is 105 Å². The Morgan fingerprint density at radius 1 is 1.38 bits per heavy atom. The van der Waals surface area contributed by atoms with Gasteiger partial charge in [-0.3, -0.25) is 0 Å². The highest BCUT2D eigenvalue weighted by atomic mass is 32.2. The van der Waals surface area contributed by atoms with Gasteiger partial charge in [-0.2, -0.15) is 0 Å². The molecule has 0 amide bonds. The van der Waals surface area contributed by atoms with E-state index in [1.54, 1.807) is 6.20 Å². The lowest BCUT2D eigenvalue weighted by Gasteiger charge is -2.26. The van der Waals surface area contributed by atoms with Gasteiger partial charge in [0.2, 0.25) is 10.0 Å². The highest BCUT2D eigenvalue weighted by molar-refractivity contribution is 7.88.